The molecule has 0 unspecified atom stereocenters. The van der Waals surface area contributed by atoms with Gasteiger partial charge in [-0.2, -0.15) is 0 Å². The van der Waals surface area contributed by atoms with Crippen molar-refractivity contribution in [2.75, 3.05) is 0 Å². The third-order valence-electron chi connectivity index (χ3n) is 5.11. The number of carbonyl (C=O) groups excluding carboxylic acids is 2. The Kier molecular flexibility index (Phi) is 7.04. The summed E-state index contributed by atoms with van der Waals surface area (Å²) in [5.41, 5.74) is 3.83. The van der Waals surface area contributed by atoms with E-state index in [2.05, 4.69) is 17.4 Å². The molecule has 1 N–H and O–H groups in total. The normalized spacial score (nSPS) is 16.8. The first-order chi connectivity index (χ1) is 13.9. The molecular weight excluding hydrogens is 366 g/mol. The molecule has 0 spiro atoms. The van der Waals surface area contributed by atoms with Crippen molar-refractivity contribution in [1.29, 1.82) is 0 Å². The first-order valence-corrected chi connectivity index (χ1v) is 10.2. The second kappa shape index (κ2) is 9.70. The van der Waals surface area contributed by atoms with Crippen molar-refractivity contribution in [3.63, 3.8) is 0 Å². The third kappa shape index (κ3) is 5.67. The quantitative estimate of drug-likeness (QED) is 0.708. The number of fused-ring (bicyclic) bond motifs is 1. The van der Waals surface area contributed by atoms with Crippen LogP contribution in [0.5, 0.6) is 0 Å². The van der Waals surface area contributed by atoms with Gasteiger partial charge in [-0.25, -0.2) is 4.79 Å². The lowest BCUT2D eigenvalue weighted by Gasteiger charge is -2.27. The van der Waals surface area contributed by atoms with E-state index in [0.29, 0.717) is 12.2 Å². The van der Waals surface area contributed by atoms with E-state index in [1.165, 1.54) is 5.56 Å². The highest BCUT2D eigenvalue weighted by Crippen LogP contribution is 2.29. The van der Waals surface area contributed by atoms with Crippen LogP contribution in [-0.4, -0.2) is 24.1 Å². The highest BCUT2D eigenvalue weighted by molar-refractivity contribution is 5.92. The van der Waals surface area contributed by atoms with Crippen molar-refractivity contribution in [1.82, 2.24) is 5.32 Å². The molecule has 29 heavy (non-hydrogen) atoms. The first kappa shape index (κ1) is 21.1. The SMILES string of the molecule is CC(C)OCc1ccc(C(=O)O[C@@H](C)C(=O)N[C@@H]2CCCc3ccccc32)cc1. The maximum atomic E-state index is 12.6. The van der Waals surface area contributed by atoms with E-state index in [1.54, 1.807) is 19.1 Å². The lowest BCUT2D eigenvalue weighted by molar-refractivity contribution is -0.130. The molecule has 1 amide bonds. The highest BCUT2D eigenvalue weighted by atomic mass is 16.5. The Balaban J connectivity index is 1.55. The largest absolute Gasteiger partial charge is 0.449 e. The van der Waals surface area contributed by atoms with Gasteiger partial charge in [0, 0.05) is 0 Å². The second-order valence-corrected chi connectivity index (χ2v) is 7.76. The van der Waals surface area contributed by atoms with Crippen molar-refractivity contribution in [2.45, 2.75) is 64.9 Å². The number of ether oxygens (including phenoxy) is 2. The molecule has 0 heterocycles. The van der Waals surface area contributed by atoms with Gasteiger partial charge >= 0.3 is 5.97 Å². The molecule has 1 aliphatic rings. The Bertz CT molecular complexity index is 844. The average Bonchev–Trinajstić information content (AvgIpc) is 2.72. The van der Waals surface area contributed by atoms with Crippen molar-refractivity contribution in [3.8, 4) is 0 Å². The number of carbonyl (C=O) groups is 2. The van der Waals surface area contributed by atoms with Gasteiger partial charge in [0.25, 0.3) is 5.91 Å². The number of amides is 1. The van der Waals surface area contributed by atoms with Crippen LogP contribution in [0.4, 0.5) is 0 Å². The predicted molar refractivity (Wildman–Crippen MR) is 112 cm³/mol. The van der Waals surface area contributed by atoms with Gasteiger partial charge in [0.2, 0.25) is 0 Å². The molecule has 0 radical (unpaired) electrons. The summed E-state index contributed by atoms with van der Waals surface area (Å²) in [7, 11) is 0. The van der Waals surface area contributed by atoms with Crippen LogP contribution in [0.1, 0.15) is 66.7 Å². The molecule has 0 saturated carbocycles. The van der Waals surface area contributed by atoms with E-state index in [4.69, 9.17) is 9.47 Å². The van der Waals surface area contributed by atoms with Crippen LogP contribution < -0.4 is 5.32 Å². The molecule has 2 aromatic rings. The van der Waals surface area contributed by atoms with Crippen LogP contribution in [0, 0.1) is 0 Å². The zero-order valence-electron chi connectivity index (χ0n) is 17.3. The van der Waals surface area contributed by atoms with Gasteiger partial charge in [0.1, 0.15) is 0 Å². The van der Waals surface area contributed by atoms with Crippen LogP contribution in [0.2, 0.25) is 0 Å². The fourth-order valence-electron chi connectivity index (χ4n) is 3.48. The minimum absolute atomic E-state index is 0.0335. The Hall–Kier alpha value is -2.66. The fraction of sp³-hybridized carbons (Fsp3) is 0.417. The summed E-state index contributed by atoms with van der Waals surface area (Å²) in [4.78, 5) is 25.0. The van der Waals surface area contributed by atoms with Crippen LogP contribution in [0.15, 0.2) is 48.5 Å². The van der Waals surface area contributed by atoms with Crippen molar-refractivity contribution >= 4 is 11.9 Å². The molecule has 2 aromatic carbocycles. The highest BCUT2D eigenvalue weighted by Gasteiger charge is 2.25. The standard InChI is InChI=1S/C24H29NO4/c1-16(2)28-15-18-11-13-20(14-12-18)24(27)29-17(3)23(26)25-22-10-6-8-19-7-4-5-9-21(19)22/h4-5,7,9,11-14,16-17,22H,6,8,10,15H2,1-3H3,(H,25,26)/t17-,22+/m0/s1. The number of nitrogens with one attached hydrogen (secondary N) is 1. The number of aryl methyl sites for hydroxylation is 1. The monoisotopic (exact) mass is 395 g/mol. The second-order valence-electron chi connectivity index (χ2n) is 7.76. The lowest BCUT2D eigenvalue weighted by Crippen LogP contribution is -2.39. The summed E-state index contributed by atoms with van der Waals surface area (Å²) in [5.74, 6) is -0.782. The molecule has 0 saturated heterocycles. The van der Waals surface area contributed by atoms with Gasteiger partial charge in [-0.1, -0.05) is 36.4 Å². The smallest absolute Gasteiger partial charge is 0.338 e. The molecule has 1 aliphatic carbocycles. The minimum atomic E-state index is -0.861. The molecule has 0 bridgehead atoms. The zero-order valence-corrected chi connectivity index (χ0v) is 17.3. The van der Waals surface area contributed by atoms with Gasteiger partial charge < -0.3 is 14.8 Å². The summed E-state index contributed by atoms with van der Waals surface area (Å²) in [6.45, 7) is 6.05. The topological polar surface area (TPSA) is 64.6 Å². The molecular formula is C24H29NO4. The molecule has 5 nitrogen and oxygen atoms in total. The summed E-state index contributed by atoms with van der Waals surface area (Å²) in [6, 6.07) is 15.2. The number of benzene rings is 2. The summed E-state index contributed by atoms with van der Waals surface area (Å²) in [6.07, 6.45) is 2.24. The van der Waals surface area contributed by atoms with Crippen molar-refractivity contribution < 1.29 is 19.1 Å². The van der Waals surface area contributed by atoms with Crippen LogP contribution in [-0.2, 0) is 27.3 Å². The minimum Gasteiger partial charge on any atom is -0.449 e. The van der Waals surface area contributed by atoms with Gasteiger partial charge in [0.05, 0.1) is 24.3 Å². The fourth-order valence-corrected chi connectivity index (χ4v) is 3.48. The Morgan fingerprint density at radius 2 is 1.79 bits per heavy atom. The van der Waals surface area contributed by atoms with E-state index >= 15 is 0 Å². The number of hydrogen-bond donors (Lipinski definition) is 1. The number of hydrogen-bond acceptors (Lipinski definition) is 4. The van der Waals surface area contributed by atoms with E-state index < -0.39 is 12.1 Å². The van der Waals surface area contributed by atoms with Gasteiger partial charge in [-0.15, -0.1) is 0 Å². The Morgan fingerprint density at radius 3 is 2.52 bits per heavy atom. The lowest BCUT2D eigenvalue weighted by atomic mass is 9.87. The predicted octanol–water partition coefficient (Wildman–Crippen LogP) is 4.35. The van der Waals surface area contributed by atoms with Gasteiger partial charge in [-0.3, -0.25) is 4.79 Å². The number of esters is 1. The molecule has 154 valence electrons. The van der Waals surface area contributed by atoms with Crippen LogP contribution in [0.3, 0.4) is 0 Å². The Labute approximate surface area is 172 Å². The maximum absolute atomic E-state index is 12.6. The Morgan fingerprint density at radius 1 is 1.07 bits per heavy atom. The van der Waals surface area contributed by atoms with E-state index in [9.17, 15) is 9.59 Å². The molecule has 2 atom stereocenters. The van der Waals surface area contributed by atoms with E-state index in [1.807, 2.05) is 38.1 Å². The van der Waals surface area contributed by atoms with Gasteiger partial charge in [-0.05, 0) is 68.9 Å². The van der Waals surface area contributed by atoms with Crippen molar-refractivity contribution in [2.24, 2.45) is 0 Å². The van der Waals surface area contributed by atoms with Crippen molar-refractivity contribution in [3.05, 3.63) is 70.8 Å². The maximum Gasteiger partial charge on any atom is 0.338 e. The first-order valence-electron chi connectivity index (χ1n) is 10.2. The molecule has 3 rings (SSSR count). The number of rotatable bonds is 7. The molecule has 5 heteroatoms. The van der Waals surface area contributed by atoms with Crippen LogP contribution >= 0.6 is 0 Å². The third-order valence-corrected chi connectivity index (χ3v) is 5.11. The summed E-state index contributed by atoms with van der Waals surface area (Å²) >= 11 is 0. The summed E-state index contributed by atoms with van der Waals surface area (Å²) < 4.78 is 10.9. The van der Waals surface area contributed by atoms with E-state index in [-0.39, 0.29) is 18.1 Å². The van der Waals surface area contributed by atoms with Gasteiger partial charge in [0.15, 0.2) is 6.10 Å². The zero-order chi connectivity index (χ0) is 20.8. The van der Waals surface area contributed by atoms with Crippen LogP contribution in [0.25, 0.3) is 0 Å². The molecule has 0 aromatic heterocycles. The molecule has 0 aliphatic heterocycles. The molecule has 0 fully saturated rings. The van der Waals surface area contributed by atoms with E-state index in [0.717, 1.165) is 30.4 Å². The average molecular weight is 395 g/mol. The summed E-state index contributed by atoms with van der Waals surface area (Å²) in [5, 5.41) is 3.04.